The molecule has 5 nitrogen and oxygen atoms in total. The van der Waals surface area contributed by atoms with Crippen molar-refractivity contribution >= 4 is 5.91 Å². The molecule has 1 unspecified atom stereocenters. The van der Waals surface area contributed by atoms with Gasteiger partial charge in [0.2, 0.25) is 11.8 Å². The fourth-order valence-corrected chi connectivity index (χ4v) is 2.20. The summed E-state index contributed by atoms with van der Waals surface area (Å²) in [4.78, 5) is 15.1. The first kappa shape index (κ1) is 17.7. The minimum atomic E-state index is -0.504. The lowest BCUT2D eigenvalue weighted by Crippen LogP contribution is -2.26. The molecule has 3 N–H and O–H groups in total. The van der Waals surface area contributed by atoms with Crippen molar-refractivity contribution in [2.45, 2.75) is 25.8 Å². The first-order valence-corrected chi connectivity index (χ1v) is 7.95. The SMILES string of the molecule is C=CCNC(C)CCc1ccc(Oc2ccc(C(N)=O)cn2)cc1. The quantitative estimate of drug-likeness (QED) is 0.695. The minimum absolute atomic E-state index is 0.358. The van der Waals surface area contributed by atoms with Crippen LogP contribution in [-0.2, 0) is 6.42 Å². The molecule has 0 aliphatic rings. The van der Waals surface area contributed by atoms with Crippen LogP contribution in [0.3, 0.4) is 0 Å². The van der Waals surface area contributed by atoms with Crippen LogP contribution in [0.15, 0.2) is 55.3 Å². The number of nitrogens with zero attached hydrogens (tertiary/aromatic N) is 1. The van der Waals surface area contributed by atoms with E-state index in [-0.39, 0.29) is 0 Å². The maximum absolute atomic E-state index is 11.0. The van der Waals surface area contributed by atoms with E-state index in [0.29, 0.717) is 23.2 Å². The van der Waals surface area contributed by atoms with Gasteiger partial charge >= 0.3 is 0 Å². The highest BCUT2D eigenvalue weighted by atomic mass is 16.5. The highest BCUT2D eigenvalue weighted by Crippen LogP contribution is 2.20. The number of rotatable bonds is 9. The van der Waals surface area contributed by atoms with E-state index < -0.39 is 5.91 Å². The van der Waals surface area contributed by atoms with Crippen LogP contribution in [0.2, 0.25) is 0 Å². The van der Waals surface area contributed by atoms with Crippen LogP contribution in [0.1, 0.15) is 29.3 Å². The second kappa shape index (κ2) is 8.84. The van der Waals surface area contributed by atoms with E-state index in [9.17, 15) is 4.79 Å². The summed E-state index contributed by atoms with van der Waals surface area (Å²) in [5.41, 5.74) is 6.79. The molecule has 5 heteroatoms. The molecule has 0 aliphatic heterocycles. The number of carbonyl (C=O) groups excluding carboxylic acids is 1. The third-order valence-electron chi connectivity index (χ3n) is 3.64. The molecule has 0 bridgehead atoms. The van der Waals surface area contributed by atoms with E-state index in [1.165, 1.54) is 11.8 Å². The number of primary amides is 1. The van der Waals surface area contributed by atoms with Crippen LogP contribution in [-0.4, -0.2) is 23.5 Å². The Kier molecular flexibility index (Phi) is 6.51. The van der Waals surface area contributed by atoms with Gasteiger partial charge in [0, 0.05) is 24.8 Å². The summed E-state index contributed by atoms with van der Waals surface area (Å²) < 4.78 is 5.66. The Morgan fingerprint density at radius 2 is 2.08 bits per heavy atom. The normalized spacial score (nSPS) is 11.7. The Bertz CT molecular complexity index is 666. The highest BCUT2D eigenvalue weighted by molar-refractivity contribution is 5.92. The van der Waals surface area contributed by atoms with Gasteiger partial charge in [-0.05, 0) is 43.5 Å². The maximum atomic E-state index is 11.0. The predicted molar refractivity (Wildman–Crippen MR) is 95.3 cm³/mol. The van der Waals surface area contributed by atoms with Crippen molar-refractivity contribution in [3.8, 4) is 11.6 Å². The predicted octanol–water partition coefficient (Wildman–Crippen LogP) is 3.07. The van der Waals surface area contributed by atoms with Gasteiger partial charge in [-0.2, -0.15) is 0 Å². The molecular formula is C19H23N3O2. The first-order chi connectivity index (χ1) is 11.6. The average Bonchev–Trinajstić information content (AvgIpc) is 2.60. The summed E-state index contributed by atoms with van der Waals surface area (Å²) in [5, 5.41) is 3.38. The fourth-order valence-electron chi connectivity index (χ4n) is 2.20. The summed E-state index contributed by atoms with van der Waals surface area (Å²) in [6, 6.07) is 11.6. The third kappa shape index (κ3) is 5.52. The van der Waals surface area contributed by atoms with Crippen LogP contribution in [0.25, 0.3) is 0 Å². The molecular weight excluding hydrogens is 302 g/mol. The lowest BCUT2D eigenvalue weighted by molar-refractivity contribution is 0.1000. The number of carbonyl (C=O) groups is 1. The lowest BCUT2D eigenvalue weighted by Gasteiger charge is -2.12. The van der Waals surface area contributed by atoms with Gasteiger partial charge < -0.3 is 15.8 Å². The second-order valence-electron chi connectivity index (χ2n) is 5.63. The Hall–Kier alpha value is -2.66. The van der Waals surface area contributed by atoms with Crippen molar-refractivity contribution in [3.63, 3.8) is 0 Å². The van der Waals surface area contributed by atoms with Crippen LogP contribution in [0.5, 0.6) is 11.6 Å². The zero-order valence-corrected chi connectivity index (χ0v) is 13.9. The molecule has 0 spiro atoms. The van der Waals surface area contributed by atoms with E-state index in [2.05, 4.69) is 23.8 Å². The van der Waals surface area contributed by atoms with Gasteiger partial charge in [-0.15, -0.1) is 6.58 Å². The monoisotopic (exact) mass is 325 g/mol. The molecule has 2 rings (SSSR count). The number of amides is 1. The highest BCUT2D eigenvalue weighted by Gasteiger charge is 2.04. The lowest BCUT2D eigenvalue weighted by atomic mass is 10.1. The van der Waals surface area contributed by atoms with E-state index in [0.717, 1.165) is 19.4 Å². The van der Waals surface area contributed by atoms with Crippen molar-refractivity contribution in [1.29, 1.82) is 0 Å². The number of aryl methyl sites for hydroxylation is 1. The molecule has 1 atom stereocenters. The zero-order valence-electron chi connectivity index (χ0n) is 13.9. The molecule has 0 radical (unpaired) electrons. The van der Waals surface area contributed by atoms with Crippen LogP contribution < -0.4 is 15.8 Å². The van der Waals surface area contributed by atoms with Crippen LogP contribution in [0.4, 0.5) is 0 Å². The first-order valence-electron chi connectivity index (χ1n) is 7.95. The van der Waals surface area contributed by atoms with Crippen LogP contribution in [0, 0.1) is 0 Å². The van der Waals surface area contributed by atoms with Crippen molar-refractivity contribution in [1.82, 2.24) is 10.3 Å². The van der Waals surface area contributed by atoms with Gasteiger partial charge in [0.1, 0.15) is 5.75 Å². The summed E-state index contributed by atoms with van der Waals surface area (Å²) in [6.45, 7) is 6.70. The number of aromatic nitrogens is 1. The molecule has 0 saturated heterocycles. The average molecular weight is 325 g/mol. The molecule has 0 aliphatic carbocycles. The smallest absolute Gasteiger partial charge is 0.250 e. The van der Waals surface area contributed by atoms with Gasteiger partial charge in [-0.3, -0.25) is 4.79 Å². The minimum Gasteiger partial charge on any atom is -0.439 e. The van der Waals surface area contributed by atoms with Gasteiger partial charge in [0.05, 0.1) is 5.56 Å². The molecule has 24 heavy (non-hydrogen) atoms. The Morgan fingerprint density at radius 3 is 2.67 bits per heavy atom. The summed E-state index contributed by atoms with van der Waals surface area (Å²) in [6.07, 6.45) is 5.33. The molecule has 126 valence electrons. The van der Waals surface area contributed by atoms with Crippen molar-refractivity contribution in [2.75, 3.05) is 6.54 Å². The van der Waals surface area contributed by atoms with E-state index >= 15 is 0 Å². The summed E-state index contributed by atoms with van der Waals surface area (Å²) in [7, 11) is 0. The number of nitrogens with two attached hydrogens (primary N) is 1. The van der Waals surface area contributed by atoms with Gasteiger partial charge in [0.15, 0.2) is 0 Å². The number of hydrogen-bond acceptors (Lipinski definition) is 4. The van der Waals surface area contributed by atoms with Gasteiger partial charge in [0.25, 0.3) is 0 Å². The number of benzene rings is 1. The molecule has 0 fully saturated rings. The van der Waals surface area contributed by atoms with E-state index in [1.807, 2.05) is 30.3 Å². The Labute approximate surface area is 142 Å². The fraction of sp³-hybridized carbons (Fsp3) is 0.263. The number of nitrogens with one attached hydrogen (secondary N) is 1. The van der Waals surface area contributed by atoms with Crippen molar-refractivity contribution in [3.05, 3.63) is 66.4 Å². The third-order valence-corrected chi connectivity index (χ3v) is 3.64. The van der Waals surface area contributed by atoms with Gasteiger partial charge in [-0.25, -0.2) is 4.98 Å². The van der Waals surface area contributed by atoms with Crippen molar-refractivity contribution < 1.29 is 9.53 Å². The van der Waals surface area contributed by atoms with Crippen molar-refractivity contribution in [2.24, 2.45) is 5.73 Å². The topological polar surface area (TPSA) is 77.2 Å². The summed E-state index contributed by atoms with van der Waals surface area (Å²) in [5.74, 6) is 0.626. The van der Waals surface area contributed by atoms with Crippen LogP contribution >= 0.6 is 0 Å². The number of ether oxygens (including phenoxy) is 1. The second-order valence-corrected chi connectivity index (χ2v) is 5.63. The van der Waals surface area contributed by atoms with E-state index in [4.69, 9.17) is 10.5 Å². The Balaban J connectivity index is 1.87. The number of pyridine rings is 1. The molecule has 2 aromatic rings. The Morgan fingerprint density at radius 1 is 1.33 bits per heavy atom. The summed E-state index contributed by atoms with van der Waals surface area (Å²) >= 11 is 0. The van der Waals surface area contributed by atoms with Gasteiger partial charge in [-0.1, -0.05) is 18.2 Å². The van der Waals surface area contributed by atoms with E-state index in [1.54, 1.807) is 12.1 Å². The largest absolute Gasteiger partial charge is 0.439 e. The molecule has 1 aromatic carbocycles. The molecule has 1 heterocycles. The number of hydrogen-bond donors (Lipinski definition) is 2. The molecule has 0 saturated carbocycles. The molecule has 1 amide bonds. The standard InChI is InChI=1S/C19H23N3O2/c1-3-12-21-14(2)4-5-15-6-9-17(10-7-15)24-18-11-8-16(13-22-18)19(20)23/h3,6-11,13-14,21H,1,4-5,12H2,2H3,(H2,20,23). The zero-order chi connectivity index (χ0) is 17.4. The molecule has 1 aromatic heterocycles. The maximum Gasteiger partial charge on any atom is 0.250 e.